The first-order valence-electron chi connectivity index (χ1n) is 7.25. The van der Waals surface area contributed by atoms with Crippen molar-refractivity contribution in [3.8, 4) is 5.75 Å². The van der Waals surface area contributed by atoms with Crippen LogP contribution in [0.5, 0.6) is 5.75 Å². The Balaban J connectivity index is 2.08. The summed E-state index contributed by atoms with van der Waals surface area (Å²) in [4.78, 5) is 11.4. The molecule has 1 aromatic rings. The molecule has 1 aromatic heterocycles. The van der Waals surface area contributed by atoms with Gasteiger partial charge in [0.1, 0.15) is 5.82 Å². The Morgan fingerprint density at radius 2 is 1.95 bits per heavy atom. The number of nitrogens with zero attached hydrogens (tertiary/aromatic N) is 3. The molecule has 1 fully saturated rings. The summed E-state index contributed by atoms with van der Waals surface area (Å²) >= 11 is 0. The lowest BCUT2D eigenvalue weighted by atomic mass is 10.1. The molecule has 0 saturated carbocycles. The molecule has 0 radical (unpaired) electrons. The molecule has 0 amide bonds. The summed E-state index contributed by atoms with van der Waals surface area (Å²) in [5.41, 5.74) is 0. The highest BCUT2D eigenvalue weighted by atomic mass is 16.5. The third kappa shape index (κ3) is 3.90. The summed E-state index contributed by atoms with van der Waals surface area (Å²) in [7, 11) is 2.17. The third-order valence-electron chi connectivity index (χ3n) is 3.62. The Hall–Kier alpha value is -1.16. The molecule has 4 heteroatoms. The largest absolute Gasteiger partial charge is 0.488 e. The third-order valence-corrected chi connectivity index (χ3v) is 3.62. The van der Waals surface area contributed by atoms with Crippen LogP contribution in [0.15, 0.2) is 12.4 Å². The summed E-state index contributed by atoms with van der Waals surface area (Å²) in [6.07, 6.45) is 7.45. The fourth-order valence-electron chi connectivity index (χ4n) is 2.75. The first-order valence-corrected chi connectivity index (χ1v) is 7.25. The van der Waals surface area contributed by atoms with Crippen LogP contribution in [0.2, 0.25) is 0 Å². The van der Waals surface area contributed by atoms with Crippen molar-refractivity contribution < 1.29 is 4.74 Å². The summed E-state index contributed by atoms with van der Waals surface area (Å²) < 4.78 is 5.59. The van der Waals surface area contributed by atoms with E-state index >= 15 is 0 Å². The molecule has 2 atom stereocenters. The van der Waals surface area contributed by atoms with Gasteiger partial charge >= 0.3 is 0 Å². The van der Waals surface area contributed by atoms with Crippen molar-refractivity contribution >= 4 is 0 Å². The van der Waals surface area contributed by atoms with Crippen LogP contribution in [0.4, 0.5) is 0 Å². The highest BCUT2D eigenvalue weighted by Gasteiger charge is 2.24. The fourth-order valence-corrected chi connectivity index (χ4v) is 2.75. The van der Waals surface area contributed by atoms with Crippen molar-refractivity contribution in [3.05, 3.63) is 18.2 Å². The zero-order chi connectivity index (χ0) is 13.8. The van der Waals surface area contributed by atoms with Crippen molar-refractivity contribution in [1.29, 1.82) is 0 Å². The normalized spacial score (nSPS) is 25.3. The van der Waals surface area contributed by atoms with Crippen LogP contribution >= 0.6 is 0 Å². The lowest BCUT2D eigenvalue weighted by Gasteiger charge is -2.25. The minimum absolute atomic E-state index is 0.163. The van der Waals surface area contributed by atoms with Gasteiger partial charge in [-0.3, -0.25) is 4.90 Å². The number of likely N-dealkylation sites (tertiary alicyclic amines) is 1. The number of ether oxygens (including phenoxy) is 1. The standard InChI is InChI=1S/C15H25N3O/c1-11(2)19-13-8-16-15(17-9-13)14-7-5-6-12(3)10-18(14)4/h8-9,11-12,14H,5-7,10H2,1-4H3. The van der Waals surface area contributed by atoms with E-state index in [1.807, 2.05) is 13.8 Å². The molecule has 1 aliphatic rings. The van der Waals surface area contributed by atoms with E-state index in [4.69, 9.17) is 4.74 Å². The van der Waals surface area contributed by atoms with Crippen LogP contribution in [0, 0.1) is 5.92 Å². The summed E-state index contributed by atoms with van der Waals surface area (Å²) in [6.45, 7) is 7.46. The van der Waals surface area contributed by atoms with E-state index < -0.39 is 0 Å². The summed E-state index contributed by atoms with van der Waals surface area (Å²) in [5.74, 6) is 2.44. The predicted molar refractivity (Wildman–Crippen MR) is 76.2 cm³/mol. The first kappa shape index (κ1) is 14.3. The molecule has 0 spiro atoms. The van der Waals surface area contributed by atoms with Crippen LogP contribution in [0.1, 0.15) is 51.9 Å². The van der Waals surface area contributed by atoms with Gasteiger partial charge in [-0.05, 0) is 39.7 Å². The van der Waals surface area contributed by atoms with E-state index in [0.29, 0.717) is 6.04 Å². The van der Waals surface area contributed by atoms with Crippen molar-refractivity contribution in [1.82, 2.24) is 14.9 Å². The smallest absolute Gasteiger partial charge is 0.156 e. The van der Waals surface area contributed by atoms with Gasteiger partial charge in [0.15, 0.2) is 5.75 Å². The topological polar surface area (TPSA) is 38.3 Å². The molecule has 19 heavy (non-hydrogen) atoms. The van der Waals surface area contributed by atoms with E-state index in [1.54, 1.807) is 12.4 Å². The van der Waals surface area contributed by atoms with Gasteiger partial charge in [-0.25, -0.2) is 9.97 Å². The first-order chi connectivity index (χ1) is 9.06. The maximum Gasteiger partial charge on any atom is 0.156 e. The molecule has 106 valence electrons. The Morgan fingerprint density at radius 1 is 1.26 bits per heavy atom. The Bertz CT molecular complexity index is 391. The van der Waals surface area contributed by atoms with E-state index in [-0.39, 0.29) is 6.10 Å². The zero-order valence-electron chi connectivity index (χ0n) is 12.5. The summed E-state index contributed by atoms with van der Waals surface area (Å²) in [5, 5.41) is 0. The molecule has 4 nitrogen and oxygen atoms in total. The maximum atomic E-state index is 5.59. The van der Waals surface area contributed by atoms with Gasteiger partial charge in [-0.1, -0.05) is 13.3 Å². The van der Waals surface area contributed by atoms with Crippen LogP contribution in [-0.2, 0) is 0 Å². The second-order valence-electron chi connectivity index (χ2n) is 5.94. The van der Waals surface area contributed by atoms with E-state index in [0.717, 1.165) is 30.5 Å². The molecule has 0 aromatic carbocycles. The molecular formula is C15H25N3O. The second kappa shape index (κ2) is 6.33. The molecule has 0 bridgehead atoms. The molecule has 0 N–H and O–H groups in total. The monoisotopic (exact) mass is 263 g/mol. The van der Waals surface area contributed by atoms with E-state index in [9.17, 15) is 0 Å². The van der Waals surface area contributed by atoms with Gasteiger partial charge in [-0.15, -0.1) is 0 Å². The van der Waals surface area contributed by atoms with Gasteiger partial charge in [0.25, 0.3) is 0 Å². The van der Waals surface area contributed by atoms with Crippen LogP contribution < -0.4 is 4.74 Å². The van der Waals surface area contributed by atoms with Gasteiger partial charge in [0.2, 0.25) is 0 Å². The predicted octanol–water partition coefficient (Wildman–Crippen LogP) is 3.06. The Kier molecular flexibility index (Phi) is 4.75. The van der Waals surface area contributed by atoms with Gasteiger partial charge in [-0.2, -0.15) is 0 Å². The number of rotatable bonds is 3. The minimum Gasteiger partial charge on any atom is -0.488 e. The molecule has 1 aliphatic heterocycles. The second-order valence-corrected chi connectivity index (χ2v) is 5.94. The summed E-state index contributed by atoms with van der Waals surface area (Å²) in [6, 6.07) is 0.345. The Morgan fingerprint density at radius 3 is 2.58 bits per heavy atom. The van der Waals surface area contributed by atoms with Crippen LogP contribution in [0.3, 0.4) is 0 Å². The molecular weight excluding hydrogens is 238 g/mol. The van der Waals surface area contributed by atoms with Crippen molar-refractivity contribution in [3.63, 3.8) is 0 Å². The number of aromatic nitrogens is 2. The molecule has 2 heterocycles. The average Bonchev–Trinajstić information content (AvgIpc) is 2.50. The lowest BCUT2D eigenvalue weighted by Crippen LogP contribution is -2.28. The zero-order valence-corrected chi connectivity index (χ0v) is 12.5. The van der Waals surface area contributed by atoms with E-state index in [2.05, 4.69) is 28.8 Å². The van der Waals surface area contributed by atoms with Crippen molar-refractivity contribution in [2.75, 3.05) is 13.6 Å². The average molecular weight is 263 g/mol. The fraction of sp³-hybridized carbons (Fsp3) is 0.733. The van der Waals surface area contributed by atoms with Gasteiger partial charge in [0, 0.05) is 6.54 Å². The minimum atomic E-state index is 0.163. The molecule has 0 aliphatic carbocycles. The maximum absolute atomic E-state index is 5.59. The highest BCUT2D eigenvalue weighted by Crippen LogP contribution is 2.29. The number of hydrogen-bond donors (Lipinski definition) is 0. The van der Waals surface area contributed by atoms with Crippen molar-refractivity contribution in [2.45, 2.75) is 52.2 Å². The highest BCUT2D eigenvalue weighted by molar-refractivity contribution is 5.14. The lowest BCUT2D eigenvalue weighted by molar-refractivity contribution is 0.218. The molecule has 2 unspecified atom stereocenters. The quantitative estimate of drug-likeness (QED) is 0.840. The number of hydrogen-bond acceptors (Lipinski definition) is 4. The van der Waals surface area contributed by atoms with Gasteiger partial charge < -0.3 is 4.74 Å². The van der Waals surface area contributed by atoms with Crippen molar-refractivity contribution in [2.24, 2.45) is 5.92 Å². The van der Waals surface area contributed by atoms with Gasteiger partial charge in [0.05, 0.1) is 24.5 Å². The van der Waals surface area contributed by atoms with Crippen LogP contribution in [-0.4, -0.2) is 34.6 Å². The molecule has 1 saturated heterocycles. The molecule has 2 rings (SSSR count). The van der Waals surface area contributed by atoms with Crippen LogP contribution in [0.25, 0.3) is 0 Å². The SMILES string of the molecule is CC1CCCC(c2ncc(OC(C)C)cn2)N(C)C1. The Labute approximate surface area is 116 Å². The van der Waals surface area contributed by atoms with E-state index in [1.165, 1.54) is 12.8 Å².